The summed E-state index contributed by atoms with van der Waals surface area (Å²) in [6.45, 7) is -0.311. The molecule has 1 aromatic rings. The molecule has 0 aliphatic rings. The van der Waals surface area contributed by atoms with Crippen LogP contribution in [0.5, 0.6) is 0 Å². The third-order valence-electron chi connectivity index (χ3n) is 1.78. The Balaban J connectivity index is 2.36. The molecule has 0 aliphatic heterocycles. The number of ether oxygens (including phenoxy) is 1. The number of halogens is 5. The lowest BCUT2D eigenvalue weighted by Gasteiger charge is -2.14. The quantitative estimate of drug-likeness (QED) is 0.757. The molecule has 0 spiro atoms. The molecule has 0 amide bonds. The van der Waals surface area contributed by atoms with E-state index in [4.69, 9.17) is 16.3 Å². The predicted molar refractivity (Wildman–Crippen MR) is 59.9 cm³/mol. The Morgan fingerprint density at radius 2 is 2.06 bits per heavy atom. The van der Waals surface area contributed by atoms with Gasteiger partial charge in [0.25, 0.3) is 0 Å². The van der Waals surface area contributed by atoms with Crippen LogP contribution in [-0.2, 0) is 11.3 Å². The van der Waals surface area contributed by atoms with Crippen LogP contribution < -0.4 is 0 Å². The highest BCUT2D eigenvalue weighted by Crippen LogP contribution is 2.26. The van der Waals surface area contributed by atoms with Crippen molar-refractivity contribution in [3.63, 3.8) is 0 Å². The Labute approximate surface area is 105 Å². The summed E-state index contributed by atoms with van der Waals surface area (Å²) in [4.78, 5) is -1.64. The van der Waals surface area contributed by atoms with Gasteiger partial charge in [-0.05, 0) is 17.7 Å². The van der Waals surface area contributed by atoms with E-state index in [1.54, 1.807) is 24.3 Å². The van der Waals surface area contributed by atoms with E-state index in [2.05, 4.69) is 15.9 Å². The summed E-state index contributed by atoms with van der Waals surface area (Å²) < 4.78 is 41.2. The zero-order valence-electron chi connectivity index (χ0n) is 8.10. The minimum Gasteiger partial charge on any atom is -0.375 e. The first-order valence-electron chi connectivity index (χ1n) is 4.42. The predicted octanol–water partition coefficient (Wildman–Crippen LogP) is 4.18. The second-order valence-electron chi connectivity index (χ2n) is 3.15. The summed E-state index contributed by atoms with van der Waals surface area (Å²) in [5.74, 6) is 0. The van der Waals surface area contributed by atoms with Crippen LogP contribution in [0.3, 0.4) is 0 Å². The molecule has 6 heteroatoms. The normalized spacial score (nSPS) is 13.8. The highest BCUT2D eigenvalue weighted by molar-refractivity contribution is 9.09. The fraction of sp³-hybridized carbons (Fsp3) is 0.400. The first kappa shape index (κ1) is 13.8. The summed E-state index contributed by atoms with van der Waals surface area (Å²) in [7, 11) is 0. The summed E-state index contributed by atoms with van der Waals surface area (Å²) in [5, 5.41) is 0.535. The van der Waals surface area contributed by atoms with Crippen molar-refractivity contribution in [2.24, 2.45) is 0 Å². The Bertz CT molecular complexity index is 343. The SMILES string of the molecule is FC(F)(F)C(Br)COCc1cccc(Cl)c1. The maximum atomic E-state index is 12.1. The molecule has 1 unspecified atom stereocenters. The molecule has 1 nitrogen and oxygen atoms in total. The van der Waals surface area contributed by atoms with E-state index >= 15 is 0 Å². The highest BCUT2D eigenvalue weighted by atomic mass is 79.9. The zero-order valence-corrected chi connectivity index (χ0v) is 10.4. The zero-order chi connectivity index (χ0) is 12.2. The lowest BCUT2D eigenvalue weighted by molar-refractivity contribution is -0.138. The molecule has 0 saturated carbocycles. The van der Waals surface area contributed by atoms with Gasteiger partial charge >= 0.3 is 6.18 Å². The van der Waals surface area contributed by atoms with E-state index < -0.39 is 17.6 Å². The van der Waals surface area contributed by atoms with Gasteiger partial charge in [0, 0.05) is 5.02 Å². The van der Waals surface area contributed by atoms with Crippen LogP contribution in [0.25, 0.3) is 0 Å². The summed E-state index contributed by atoms with van der Waals surface area (Å²) in [6.07, 6.45) is -4.28. The molecule has 16 heavy (non-hydrogen) atoms. The monoisotopic (exact) mass is 316 g/mol. The standard InChI is InChI=1S/C10H9BrClF3O/c11-9(10(13,14)15)6-16-5-7-2-1-3-8(12)4-7/h1-4,9H,5-6H2. The molecule has 0 bridgehead atoms. The Morgan fingerprint density at radius 3 is 2.62 bits per heavy atom. The maximum Gasteiger partial charge on any atom is 0.403 e. The van der Waals surface area contributed by atoms with Crippen molar-refractivity contribution in [1.29, 1.82) is 0 Å². The van der Waals surface area contributed by atoms with E-state index in [0.717, 1.165) is 5.56 Å². The molecule has 1 aromatic carbocycles. The average Bonchev–Trinajstić information content (AvgIpc) is 2.16. The van der Waals surface area contributed by atoms with Gasteiger partial charge in [0.1, 0.15) is 4.83 Å². The van der Waals surface area contributed by atoms with Crippen LogP contribution >= 0.6 is 27.5 Å². The van der Waals surface area contributed by atoms with Crippen molar-refractivity contribution in [3.05, 3.63) is 34.9 Å². The molecule has 0 fully saturated rings. The molecule has 1 atom stereocenters. The van der Waals surface area contributed by atoms with E-state index in [9.17, 15) is 13.2 Å². The van der Waals surface area contributed by atoms with Gasteiger partial charge < -0.3 is 4.74 Å². The summed E-state index contributed by atoms with van der Waals surface area (Å²) >= 11 is 8.22. The molecular weight excluding hydrogens is 308 g/mol. The van der Waals surface area contributed by atoms with Crippen LogP contribution in [0, 0.1) is 0 Å². The second kappa shape index (κ2) is 5.89. The number of hydrogen-bond acceptors (Lipinski definition) is 1. The molecule has 0 heterocycles. The largest absolute Gasteiger partial charge is 0.403 e. The smallest absolute Gasteiger partial charge is 0.375 e. The third-order valence-corrected chi connectivity index (χ3v) is 2.80. The van der Waals surface area contributed by atoms with E-state index in [0.29, 0.717) is 5.02 Å². The van der Waals surface area contributed by atoms with Crippen LogP contribution in [-0.4, -0.2) is 17.6 Å². The first-order valence-corrected chi connectivity index (χ1v) is 5.72. The van der Waals surface area contributed by atoms with Gasteiger partial charge in [0.15, 0.2) is 0 Å². The van der Waals surface area contributed by atoms with E-state index in [1.807, 2.05) is 0 Å². The topological polar surface area (TPSA) is 9.23 Å². The Morgan fingerprint density at radius 1 is 1.38 bits per heavy atom. The minimum absolute atomic E-state index is 0.110. The lowest BCUT2D eigenvalue weighted by atomic mass is 10.2. The van der Waals surface area contributed by atoms with Crippen molar-refractivity contribution >= 4 is 27.5 Å². The maximum absolute atomic E-state index is 12.1. The van der Waals surface area contributed by atoms with Gasteiger partial charge in [0.2, 0.25) is 0 Å². The van der Waals surface area contributed by atoms with Gasteiger partial charge in [-0.15, -0.1) is 0 Å². The Kier molecular flexibility index (Phi) is 5.08. The number of benzene rings is 1. The minimum atomic E-state index is -4.28. The first-order chi connectivity index (χ1) is 7.39. The van der Waals surface area contributed by atoms with Gasteiger partial charge in [-0.1, -0.05) is 39.7 Å². The summed E-state index contributed by atoms with van der Waals surface area (Å²) in [6, 6.07) is 6.80. The molecule has 1 rings (SSSR count). The van der Waals surface area contributed by atoms with Gasteiger partial charge in [-0.25, -0.2) is 0 Å². The van der Waals surface area contributed by atoms with Crippen molar-refractivity contribution in [2.75, 3.05) is 6.61 Å². The molecular formula is C10H9BrClF3O. The number of rotatable bonds is 4. The van der Waals surface area contributed by atoms with Crippen molar-refractivity contribution < 1.29 is 17.9 Å². The van der Waals surface area contributed by atoms with Crippen molar-refractivity contribution in [2.45, 2.75) is 17.6 Å². The average molecular weight is 318 g/mol. The molecule has 0 aliphatic carbocycles. The molecule has 0 aromatic heterocycles. The van der Waals surface area contributed by atoms with Gasteiger partial charge in [0.05, 0.1) is 13.2 Å². The van der Waals surface area contributed by atoms with Crippen LogP contribution in [0.2, 0.25) is 5.02 Å². The molecule has 0 saturated heterocycles. The Hall–Kier alpha value is -0.260. The van der Waals surface area contributed by atoms with Crippen LogP contribution in [0.1, 0.15) is 5.56 Å². The molecule has 90 valence electrons. The number of hydrogen-bond donors (Lipinski definition) is 0. The van der Waals surface area contributed by atoms with Crippen molar-refractivity contribution in [3.8, 4) is 0 Å². The van der Waals surface area contributed by atoms with Crippen LogP contribution in [0.4, 0.5) is 13.2 Å². The summed E-state index contributed by atoms with van der Waals surface area (Å²) in [5.41, 5.74) is 0.745. The van der Waals surface area contributed by atoms with Gasteiger partial charge in [-0.2, -0.15) is 13.2 Å². The highest BCUT2D eigenvalue weighted by Gasteiger charge is 2.37. The van der Waals surface area contributed by atoms with E-state index in [-0.39, 0.29) is 6.61 Å². The fourth-order valence-corrected chi connectivity index (χ4v) is 1.40. The van der Waals surface area contributed by atoms with Crippen molar-refractivity contribution in [1.82, 2.24) is 0 Å². The van der Waals surface area contributed by atoms with Crippen LogP contribution in [0.15, 0.2) is 24.3 Å². The van der Waals surface area contributed by atoms with Gasteiger partial charge in [-0.3, -0.25) is 0 Å². The van der Waals surface area contributed by atoms with E-state index in [1.165, 1.54) is 0 Å². The number of alkyl halides is 4. The molecule has 0 N–H and O–H groups in total. The fourth-order valence-electron chi connectivity index (χ4n) is 1.00. The lowest BCUT2D eigenvalue weighted by Crippen LogP contribution is -2.27. The third kappa shape index (κ3) is 4.72. The second-order valence-corrected chi connectivity index (χ2v) is 4.70. The molecule has 0 radical (unpaired) electrons.